The molecular formula is C18H26N2O3. The molecule has 0 radical (unpaired) electrons. The Morgan fingerprint density at radius 2 is 2.00 bits per heavy atom. The molecular weight excluding hydrogens is 292 g/mol. The zero-order chi connectivity index (χ0) is 16.9. The molecule has 1 aromatic rings. The van der Waals surface area contributed by atoms with E-state index in [4.69, 9.17) is 4.74 Å². The van der Waals surface area contributed by atoms with Crippen molar-refractivity contribution in [3.05, 3.63) is 35.9 Å². The minimum Gasteiger partial charge on any atom is -0.458 e. The van der Waals surface area contributed by atoms with Crippen LogP contribution in [0.2, 0.25) is 0 Å². The van der Waals surface area contributed by atoms with Gasteiger partial charge in [-0.05, 0) is 45.7 Å². The van der Waals surface area contributed by atoms with Gasteiger partial charge in [0.15, 0.2) is 0 Å². The molecule has 0 bridgehead atoms. The van der Waals surface area contributed by atoms with Crippen LogP contribution in [0.25, 0.3) is 0 Å². The third-order valence-electron chi connectivity index (χ3n) is 3.67. The number of esters is 1. The average molecular weight is 318 g/mol. The minimum absolute atomic E-state index is 0.130. The van der Waals surface area contributed by atoms with E-state index in [9.17, 15) is 9.59 Å². The van der Waals surface area contributed by atoms with Crippen LogP contribution in [-0.2, 0) is 20.7 Å². The smallest absolute Gasteiger partial charge is 0.329 e. The first-order valence-electron chi connectivity index (χ1n) is 8.16. The Morgan fingerprint density at radius 3 is 2.57 bits per heavy atom. The van der Waals surface area contributed by atoms with Crippen LogP contribution in [0, 0.1) is 0 Å². The van der Waals surface area contributed by atoms with Gasteiger partial charge in [0.05, 0.1) is 6.04 Å². The summed E-state index contributed by atoms with van der Waals surface area (Å²) in [5, 5.41) is 6.00. The lowest BCUT2D eigenvalue weighted by molar-refractivity contribution is -0.158. The first-order chi connectivity index (χ1) is 10.8. The molecule has 1 saturated heterocycles. The number of amides is 1. The highest BCUT2D eigenvalue weighted by Crippen LogP contribution is 2.12. The average Bonchev–Trinajstić information content (AvgIpc) is 3.00. The molecule has 1 heterocycles. The molecule has 0 saturated carbocycles. The van der Waals surface area contributed by atoms with Crippen LogP contribution >= 0.6 is 0 Å². The summed E-state index contributed by atoms with van der Waals surface area (Å²) in [5.74, 6) is -0.526. The molecule has 1 aliphatic rings. The van der Waals surface area contributed by atoms with Gasteiger partial charge in [0.25, 0.3) is 0 Å². The summed E-state index contributed by atoms with van der Waals surface area (Å²) in [6.07, 6.45) is 2.21. The molecule has 1 fully saturated rings. The molecule has 1 aliphatic heterocycles. The Bertz CT molecular complexity index is 531. The van der Waals surface area contributed by atoms with Crippen molar-refractivity contribution in [2.75, 3.05) is 6.54 Å². The van der Waals surface area contributed by atoms with E-state index in [0.717, 1.165) is 24.9 Å². The fourth-order valence-corrected chi connectivity index (χ4v) is 2.60. The summed E-state index contributed by atoms with van der Waals surface area (Å²) < 4.78 is 5.46. The van der Waals surface area contributed by atoms with E-state index >= 15 is 0 Å². The van der Waals surface area contributed by atoms with E-state index in [0.29, 0.717) is 6.42 Å². The maximum atomic E-state index is 12.5. The number of carbonyl (C=O) groups is 2. The maximum absolute atomic E-state index is 12.5. The quantitative estimate of drug-likeness (QED) is 0.813. The van der Waals surface area contributed by atoms with Crippen LogP contribution in [0.4, 0.5) is 0 Å². The molecule has 5 heteroatoms. The van der Waals surface area contributed by atoms with Gasteiger partial charge < -0.3 is 15.4 Å². The standard InChI is InChI=1S/C18H26N2O3/c1-18(2,3)23-17(22)15(12-13-8-5-4-6-9-13)20-16(21)14-10-7-11-19-14/h4-6,8-9,14-15,19H,7,10-12H2,1-3H3,(H,20,21)/t14-,15-/m0/s1. The van der Waals surface area contributed by atoms with Gasteiger partial charge in [0.1, 0.15) is 11.6 Å². The fraction of sp³-hybridized carbons (Fsp3) is 0.556. The molecule has 0 unspecified atom stereocenters. The second-order valence-corrected chi connectivity index (χ2v) is 6.93. The van der Waals surface area contributed by atoms with Crippen molar-refractivity contribution in [1.82, 2.24) is 10.6 Å². The zero-order valence-corrected chi connectivity index (χ0v) is 14.1. The van der Waals surface area contributed by atoms with Crippen LogP contribution in [0.1, 0.15) is 39.2 Å². The maximum Gasteiger partial charge on any atom is 0.329 e. The monoisotopic (exact) mass is 318 g/mol. The molecule has 1 aromatic carbocycles. The molecule has 0 aliphatic carbocycles. The molecule has 23 heavy (non-hydrogen) atoms. The van der Waals surface area contributed by atoms with Gasteiger partial charge in [-0.3, -0.25) is 4.79 Å². The Morgan fingerprint density at radius 1 is 1.30 bits per heavy atom. The van der Waals surface area contributed by atoms with Gasteiger partial charge in [0.2, 0.25) is 5.91 Å². The molecule has 5 nitrogen and oxygen atoms in total. The summed E-state index contributed by atoms with van der Waals surface area (Å²) in [5.41, 5.74) is 0.408. The topological polar surface area (TPSA) is 67.4 Å². The summed E-state index contributed by atoms with van der Waals surface area (Å²) in [7, 11) is 0. The highest BCUT2D eigenvalue weighted by atomic mass is 16.6. The van der Waals surface area contributed by atoms with Gasteiger partial charge in [-0.1, -0.05) is 30.3 Å². The number of carbonyl (C=O) groups excluding carboxylic acids is 2. The largest absolute Gasteiger partial charge is 0.458 e. The number of hydrogen-bond donors (Lipinski definition) is 2. The second kappa shape index (κ2) is 7.59. The molecule has 126 valence electrons. The Balaban J connectivity index is 2.06. The van der Waals surface area contributed by atoms with Crippen molar-refractivity contribution in [3.63, 3.8) is 0 Å². The van der Waals surface area contributed by atoms with Gasteiger partial charge in [-0.25, -0.2) is 4.79 Å². The third kappa shape index (κ3) is 5.67. The van der Waals surface area contributed by atoms with E-state index in [1.165, 1.54) is 0 Å². The van der Waals surface area contributed by atoms with Crippen molar-refractivity contribution < 1.29 is 14.3 Å². The predicted octanol–water partition coefficient (Wildman–Crippen LogP) is 1.81. The van der Waals surface area contributed by atoms with Crippen molar-refractivity contribution in [1.29, 1.82) is 0 Å². The summed E-state index contributed by atoms with van der Waals surface area (Å²) in [6.45, 7) is 6.31. The van der Waals surface area contributed by atoms with E-state index in [1.807, 2.05) is 51.1 Å². The number of hydrogen-bond acceptors (Lipinski definition) is 4. The third-order valence-corrected chi connectivity index (χ3v) is 3.67. The summed E-state index contributed by atoms with van der Waals surface area (Å²) in [4.78, 5) is 24.8. The number of rotatable bonds is 5. The van der Waals surface area contributed by atoms with E-state index < -0.39 is 17.6 Å². The fourth-order valence-electron chi connectivity index (χ4n) is 2.60. The Kier molecular flexibility index (Phi) is 5.77. The Labute approximate surface area is 137 Å². The van der Waals surface area contributed by atoms with Gasteiger partial charge in [-0.15, -0.1) is 0 Å². The molecule has 0 aromatic heterocycles. The second-order valence-electron chi connectivity index (χ2n) is 6.93. The first-order valence-corrected chi connectivity index (χ1v) is 8.16. The highest BCUT2D eigenvalue weighted by Gasteiger charge is 2.30. The zero-order valence-electron chi connectivity index (χ0n) is 14.1. The lowest BCUT2D eigenvalue weighted by Gasteiger charge is -2.25. The molecule has 2 atom stereocenters. The van der Waals surface area contributed by atoms with Gasteiger partial charge >= 0.3 is 5.97 Å². The van der Waals surface area contributed by atoms with E-state index in [-0.39, 0.29) is 11.9 Å². The molecule has 2 rings (SSSR count). The van der Waals surface area contributed by atoms with Crippen LogP contribution < -0.4 is 10.6 Å². The number of benzene rings is 1. The molecule has 1 amide bonds. The van der Waals surface area contributed by atoms with Crippen LogP contribution in [0.3, 0.4) is 0 Å². The normalized spacial score (nSPS) is 19.2. The predicted molar refractivity (Wildman–Crippen MR) is 88.9 cm³/mol. The van der Waals surface area contributed by atoms with E-state index in [2.05, 4.69) is 10.6 Å². The van der Waals surface area contributed by atoms with Crippen molar-refractivity contribution >= 4 is 11.9 Å². The van der Waals surface area contributed by atoms with Crippen molar-refractivity contribution in [3.8, 4) is 0 Å². The number of ether oxygens (including phenoxy) is 1. The SMILES string of the molecule is CC(C)(C)OC(=O)[C@H](Cc1ccccc1)NC(=O)[C@@H]1CCCN1. The van der Waals surface area contributed by atoms with Gasteiger partial charge in [-0.2, -0.15) is 0 Å². The van der Waals surface area contributed by atoms with E-state index in [1.54, 1.807) is 0 Å². The highest BCUT2D eigenvalue weighted by molar-refractivity contribution is 5.88. The van der Waals surface area contributed by atoms with Crippen LogP contribution in [0.15, 0.2) is 30.3 Å². The van der Waals surface area contributed by atoms with Crippen molar-refractivity contribution in [2.45, 2.75) is 57.7 Å². The van der Waals surface area contributed by atoms with Crippen LogP contribution in [-0.4, -0.2) is 36.1 Å². The minimum atomic E-state index is -0.675. The Hall–Kier alpha value is -1.88. The summed E-state index contributed by atoms with van der Waals surface area (Å²) >= 11 is 0. The van der Waals surface area contributed by atoms with Crippen molar-refractivity contribution in [2.24, 2.45) is 0 Å². The van der Waals surface area contributed by atoms with Crippen LogP contribution in [0.5, 0.6) is 0 Å². The lowest BCUT2D eigenvalue weighted by Crippen LogP contribution is -2.50. The molecule has 2 N–H and O–H groups in total. The van der Waals surface area contributed by atoms with Gasteiger partial charge in [0, 0.05) is 6.42 Å². The summed E-state index contributed by atoms with van der Waals surface area (Å²) in [6, 6.07) is 8.76. The number of nitrogens with one attached hydrogen (secondary N) is 2. The lowest BCUT2D eigenvalue weighted by atomic mass is 10.0. The first kappa shape index (κ1) is 17.5. The molecule has 0 spiro atoms.